The van der Waals surface area contributed by atoms with Crippen molar-refractivity contribution in [3.05, 3.63) is 0 Å². The van der Waals surface area contributed by atoms with Gasteiger partial charge >= 0.3 is 0 Å². The molecule has 0 radical (unpaired) electrons. The minimum atomic E-state index is 0.752. The Balaban J connectivity index is 2.02. The molecule has 1 N–H and O–H groups in total. The second kappa shape index (κ2) is 10.7. The molecule has 114 valence electrons. The molecule has 1 fully saturated rings. The molecule has 2 nitrogen and oxygen atoms in total. The van der Waals surface area contributed by atoms with Gasteiger partial charge < -0.3 is 5.32 Å². The van der Waals surface area contributed by atoms with Crippen LogP contribution < -0.4 is 5.32 Å². The van der Waals surface area contributed by atoms with Gasteiger partial charge in [-0.2, -0.15) is 0 Å². The molecule has 0 bridgehead atoms. The summed E-state index contributed by atoms with van der Waals surface area (Å²) in [4.78, 5) is 2.69. The molecule has 0 aromatic carbocycles. The van der Waals surface area contributed by atoms with Crippen molar-refractivity contribution >= 4 is 0 Å². The van der Waals surface area contributed by atoms with Gasteiger partial charge in [0, 0.05) is 12.6 Å². The fourth-order valence-electron chi connectivity index (χ4n) is 3.14. The predicted molar refractivity (Wildman–Crippen MR) is 85.7 cm³/mol. The lowest BCUT2D eigenvalue weighted by atomic mass is 10.0. The first-order valence-electron chi connectivity index (χ1n) is 8.70. The monoisotopic (exact) mass is 268 g/mol. The van der Waals surface area contributed by atoms with E-state index < -0.39 is 0 Å². The topological polar surface area (TPSA) is 15.3 Å². The summed E-state index contributed by atoms with van der Waals surface area (Å²) < 4.78 is 0. The van der Waals surface area contributed by atoms with E-state index in [1.54, 1.807) is 0 Å². The van der Waals surface area contributed by atoms with Crippen LogP contribution in [0.2, 0.25) is 0 Å². The summed E-state index contributed by atoms with van der Waals surface area (Å²) in [5.41, 5.74) is 0. The van der Waals surface area contributed by atoms with Crippen LogP contribution in [0, 0.1) is 5.92 Å². The smallest absolute Gasteiger partial charge is 0.0243 e. The van der Waals surface area contributed by atoms with Gasteiger partial charge in [-0.15, -0.1) is 0 Å². The van der Waals surface area contributed by atoms with Crippen molar-refractivity contribution in [3.8, 4) is 0 Å². The van der Waals surface area contributed by atoms with Gasteiger partial charge in [-0.25, -0.2) is 0 Å². The van der Waals surface area contributed by atoms with Gasteiger partial charge in [0.05, 0.1) is 0 Å². The number of rotatable bonds is 11. The molecule has 1 heterocycles. The van der Waals surface area contributed by atoms with E-state index >= 15 is 0 Å². The zero-order valence-electron chi connectivity index (χ0n) is 13.6. The molecule has 0 saturated carbocycles. The summed E-state index contributed by atoms with van der Waals surface area (Å²) in [6.07, 6.45) is 11.2. The minimum absolute atomic E-state index is 0.752. The Morgan fingerprint density at radius 2 is 1.58 bits per heavy atom. The lowest BCUT2D eigenvalue weighted by Crippen LogP contribution is -2.44. The molecular formula is C17H36N2. The van der Waals surface area contributed by atoms with Crippen LogP contribution in [0.3, 0.4) is 0 Å². The van der Waals surface area contributed by atoms with E-state index in [2.05, 4.69) is 31.0 Å². The van der Waals surface area contributed by atoms with Crippen LogP contribution >= 0.6 is 0 Å². The van der Waals surface area contributed by atoms with Gasteiger partial charge in [0.1, 0.15) is 0 Å². The van der Waals surface area contributed by atoms with Crippen LogP contribution in [0.1, 0.15) is 72.1 Å². The Bertz CT molecular complexity index is 197. The fourth-order valence-corrected chi connectivity index (χ4v) is 3.14. The summed E-state index contributed by atoms with van der Waals surface area (Å²) in [7, 11) is 0. The van der Waals surface area contributed by atoms with E-state index in [1.165, 1.54) is 77.5 Å². The Labute approximate surface area is 121 Å². The van der Waals surface area contributed by atoms with Crippen molar-refractivity contribution in [1.82, 2.24) is 10.2 Å². The molecule has 0 aromatic rings. The predicted octanol–water partition coefficient (Wildman–Crippen LogP) is 4.06. The summed E-state index contributed by atoms with van der Waals surface area (Å²) in [5.74, 6) is 0.773. The molecule has 1 aliphatic heterocycles. The molecule has 1 aliphatic rings. The average Bonchev–Trinajstić information content (AvgIpc) is 2.90. The van der Waals surface area contributed by atoms with Gasteiger partial charge in [-0.05, 0) is 44.8 Å². The first-order chi connectivity index (χ1) is 9.25. The van der Waals surface area contributed by atoms with E-state index in [4.69, 9.17) is 0 Å². The zero-order valence-corrected chi connectivity index (χ0v) is 13.6. The summed E-state index contributed by atoms with van der Waals surface area (Å²) in [5, 5.41) is 3.69. The molecular weight excluding hydrogens is 232 g/mol. The number of unbranched alkanes of at least 4 members (excludes halogenated alkanes) is 5. The second-order valence-corrected chi connectivity index (χ2v) is 6.53. The number of likely N-dealkylation sites (tertiary alicyclic amines) is 1. The van der Waals surface area contributed by atoms with E-state index in [1.807, 2.05) is 0 Å². The third-order valence-corrected chi connectivity index (χ3v) is 4.44. The lowest BCUT2D eigenvalue weighted by Gasteiger charge is -2.31. The van der Waals surface area contributed by atoms with Crippen molar-refractivity contribution in [2.75, 3.05) is 26.2 Å². The van der Waals surface area contributed by atoms with Crippen molar-refractivity contribution in [3.63, 3.8) is 0 Å². The fraction of sp³-hybridized carbons (Fsp3) is 1.00. The molecule has 1 saturated heterocycles. The highest BCUT2D eigenvalue weighted by Gasteiger charge is 2.23. The van der Waals surface area contributed by atoms with Crippen LogP contribution in [-0.4, -0.2) is 37.1 Å². The molecule has 0 aliphatic carbocycles. The molecule has 19 heavy (non-hydrogen) atoms. The van der Waals surface area contributed by atoms with E-state index in [-0.39, 0.29) is 0 Å². The quantitative estimate of drug-likeness (QED) is 0.569. The van der Waals surface area contributed by atoms with Crippen LogP contribution in [0.4, 0.5) is 0 Å². The zero-order chi connectivity index (χ0) is 13.9. The SMILES string of the molecule is CCCCCCCCNCC(C(C)C)N1CCCC1. The summed E-state index contributed by atoms with van der Waals surface area (Å²) >= 11 is 0. The van der Waals surface area contributed by atoms with E-state index in [0.717, 1.165) is 12.0 Å². The van der Waals surface area contributed by atoms with Crippen LogP contribution in [0.25, 0.3) is 0 Å². The van der Waals surface area contributed by atoms with Crippen LogP contribution in [0.5, 0.6) is 0 Å². The maximum absolute atomic E-state index is 3.69. The van der Waals surface area contributed by atoms with Gasteiger partial charge in [-0.3, -0.25) is 4.90 Å². The number of nitrogens with one attached hydrogen (secondary N) is 1. The highest BCUT2D eigenvalue weighted by Crippen LogP contribution is 2.17. The normalized spacial score (nSPS) is 18.3. The Kier molecular flexibility index (Phi) is 9.54. The third-order valence-electron chi connectivity index (χ3n) is 4.44. The second-order valence-electron chi connectivity index (χ2n) is 6.53. The van der Waals surface area contributed by atoms with E-state index in [0.29, 0.717) is 0 Å². The Morgan fingerprint density at radius 3 is 2.21 bits per heavy atom. The lowest BCUT2D eigenvalue weighted by molar-refractivity contribution is 0.186. The van der Waals surface area contributed by atoms with Gasteiger partial charge in [0.2, 0.25) is 0 Å². The van der Waals surface area contributed by atoms with Crippen molar-refractivity contribution in [2.24, 2.45) is 5.92 Å². The summed E-state index contributed by atoms with van der Waals surface area (Å²) in [6, 6.07) is 0.752. The average molecular weight is 268 g/mol. The summed E-state index contributed by atoms with van der Waals surface area (Å²) in [6.45, 7) is 12.1. The molecule has 0 spiro atoms. The first kappa shape index (κ1) is 17.0. The maximum Gasteiger partial charge on any atom is 0.0243 e. The first-order valence-corrected chi connectivity index (χ1v) is 8.70. The van der Waals surface area contributed by atoms with Gasteiger partial charge in [0.25, 0.3) is 0 Å². The number of nitrogens with zero attached hydrogens (tertiary/aromatic N) is 1. The Morgan fingerprint density at radius 1 is 0.947 bits per heavy atom. The third kappa shape index (κ3) is 7.31. The Hall–Kier alpha value is -0.0800. The minimum Gasteiger partial charge on any atom is -0.315 e. The highest BCUT2D eigenvalue weighted by atomic mass is 15.2. The molecule has 2 heteroatoms. The maximum atomic E-state index is 3.69. The largest absolute Gasteiger partial charge is 0.315 e. The molecule has 1 atom stereocenters. The highest BCUT2D eigenvalue weighted by molar-refractivity contribution is 4.80. The number of hydrogen-bond donors (Lipinski definition) is 1. The van der Waals surface area contributed by atoms with Crippen LogP contribution in [-0.2, 0) is 0 Å². The molecule has 0 amide bonds. The van der Waals surface area contributed by atoms with Crippen molar-refractivity contribution in [2.45, 2.75) is 78.2 Å². The van der Waals surface area contributed by atoms with E-state index in [9.17, 15) is 0 Å². The van der Waals surface area contributed by atoms with Gasteiger partial charge in [-0.1, -0.05) is 52.9 Å². The standard InChI is InChI=1S/C17H36N2/c1-4-5-6-7-8-9-12-18-15-17(16(2)3)19-13-10-11-14-19/h16-18H,4-15H2,1-3H3. The van der Waals surface area contributed by atoms with Crippen LogP contribution in [0.15, 0.2) is 0 Å². The van der Waals surface area contributed by atoms with Gasteiger partial charge in [0.15, 0.2) is 0 Å². The number of hydrogen-bond acceptors (Lipinski definition) is 2. The molecule has 1 rings (SSSR count). The van der Waals surface area contributed by atoms with Crippen molar-refractivity contribution < 1.29 is 0 Å². The molecule has 0 aromatic heterocycles. The molecule has 1 unspecified atom stereocenters. The van der Waals surface area contributed by atoms with Crippen molar-refractivity contribution in [1.29, 1.82) is 0 Å².